The monoisotopic (exact) mass is 324 g/mol. The zero-order valence-electron chi connectivity index (χ0n) is 13.8. The molecule has 0 fully saturated rings. The molecule has 1 aromatic carbocycles. The lowest BCUT2D eigenvalue weighted by Gasteiger charge is -2.37. The van der Waals surface area contributed by atoms with Crippen molar-refractivity contribution in [3.05, 3.63) is 58.9 Å². The van der Waals surface area contributed by atoms with Gasteiger partial charge in [-0.25, -0.2) is 4.68 Å². The highest BCUT2D eigenvalue weighted by Gasteiger charge is 2.30. The average molecular weight is 324 g/mol. The number of hydrogen-bond acceptors (Lipinski definition) is 4. The predicted octanol–water partition coefficient (Wildman–Crippen LogP) is 2.01. The zero-order valence-corrected chi connectivity index (χ0v) is 13.8. The lowest BCUT2D eigenvalue weighted by Crippen LogP contribution is -2.46. The molecule has 24 heavy (non-hydrogen) atoms. The summed E-state index contributed by atoms with van der Waals surface area (Å²) >= 11 is 0. The van der Waals surface area contributed by atoms with Crippen molar-refractivity contribution in [2.24, 2.45) is 0 Å². The minimum atomic E-state index is -0.0245. The van der Waals surface area contributed by atoms with E-state index in [-0.39, 0.29) is 11.9 Å². The highest BCUT2D eigenvalue weighted by Crippen LogP contribution is 2.25. The maximum absolute atomic E-state index is 12.8. The summed E-state index contributed by atoms with van der Waals surface area (Å²) in [5.41, 5.74) is 3.46. The average Bonchev–Trinajstić information content (AvgIpc) is 3.07. The summed E-state index contributed by atoms with van der Waals surface area (Å²) in [4.78, 5) is 25.4. The Labute approximate surface area is 140 Å². The van der Waals surface area contributed by atoms with Crippen molar-refractivity contribution >= 4 is 12.2 Å². The highest BCUT2D eigenvalue weighted by atomic mass is 16.2. The number of amides is 1. The van der Waals surface area contributed by atoms with Crippen LogP contribution in [-0.2, 0) is 24.3 Å². The van der Waals surface area contributed by atoms with E-state index in [9.17, 15) is 9.59 Å². The molecule has 1 amide bonds. The Morgan fingerprint density at radius 3 is 2.75 bits per heavy atom. The number of fused-ring (bicyclic) bond motifs is 1. The van der Waals surface area contributed by atoms with Gasteiger partial charge in [0.1, 0.15) is 5.69 Å². The number of carbonyl (C=O) groups is 2. The topological polar surface area (TPSA) is 68.1 Å². The molecule has 1 aromatic heterocycles. The molecule has 0 bridgehead atoms. The van der Waals surface area contributed by atoms with Crippen LogP contribution in [0.1, 0.15) is 35.5 Å². The number of allylic oxidation sites excluding steroid dienone is 1. The second-order valence-electron chi connectivity index (χ2n) is 6.01. The van der Waals surface area contributed by atoms with Crippen LogP contribution in [0, 0.1) is 0 Å². The minimum Gasteiger partial charge on any atom is -0.329 e. The van der Waals surface area contributed by atoms with Gasteiger partial charge in [-0.3, -0.25) is 9.59 Å². The predicted molar refractivity (Wildman–Crippen MR) is 89.3 cm³/mol. The molecule has 1 aliphatic rings. The summed E-state index contributed by atoms with van der Waals surface area (Å²) in [6, 6.07) is 8.16. The molecule has 1 unspecified atom stereocenters. The molecule has 6 heteroatoms. The van der Waals surface area contributed by atoms with Crippen molar-refractivity contribution in [3.63, 3.8) is 0 Å². The second kappa shape index (κ2) is 6.78. The Morgan fingerprint density at radius 2 is 2.08 bits per heavy atom. The number of carbonyl (C=O) groups excluding carboxylic acids is 2. The summed E-state index contributed by atoms with van der Waals surface area (Å²) in [7, 11) is 0. The lowest BCUT2D eigenvalue weighted by molar-refractivity contribution is -0.130. The highest BCUT2D eigenvalue weighted by molar-refractivity contribution is 5.93. The molecule has 1 atom stereocenters. The molecule has 2 aromatic rings. The van der Waals surface area contributed by atoms with E-state index < -0.39 is 0 Å². The van der Waals surface area contributed by atoms with Gasteiger partial charge in [0, 0.05) is 12.1 Å². The maximum Gasteiger partial charge on any atom is 0.249 e. The first-order valence-corrected chi connectivity index (χ1v) is 7.98. The standard InChI is InChI=1S/C18H20N4O2/c1-3-13(2)18(24)22-9-15-7-5-4-6-14(15)8-17(22)11-21-10-16(12-23)19-20-21/h3-7,10,12,17H,8-9,11H2,1-2H3. The molecule has 124 valence electrons. The number of hydrogen-bond donors (Lipinski definition) is 0. The number of nitrogens with zero attached hydrogens (tertiary/aromatic N) is 4. The molecule has 0 saturated carbocycles. The van der Waals surface area contributed by atoms with Gasteiger partial charge in [0.15, 0.2) is 6.29 Å². The Morgan fingerprint density at radius 1 is 1.33 bits per heavy atom. The first-order chi connectivity index (χ1) is 11.6. The second-order valence-corrected chi connectivity index (χ2v) is 6.01. The van der Waals surface area contributed by atoms with E-state index >= 15 is 0 Å². The molecular formula is C18H20N4O2. The summed E-state index contributed by atoms with van der Waals surface area (Å²) in [6.45, 7) is 4.80. The molecule has 0 N–H and O–H groups in total. The van der Waals surface area contributed by atoms with Crippen LogP contribution in [0.3, 0.4) is 0 Å². The third kappa shape index (κ3) is 3.13. The first kappa shape index (κ1) is 16.1. The van der Waals surface area contributed by atoms with Crippen molar-refractivity contribution in [1.29, 1.82) is 0 Å². The fraction of sp³-hybridized carbons (Fsp3) is 0.333. The van der Waals surface area contributed by atoms with E-state index in [1.807, 2.05) is 37.0 Å². The lowest BCUT2D eigenvalue weighted by atomic mass is 9.93. The Balaban J connectivity index is 1.90. The molecule has 0 radical (unpaired) electrons. The van der Waals surface area contributed by atoms with E-state index in [1.165, 1.54) is 11.1 Å². The van der Waals surface area contributed by atoms with Gasteiger partial charge in [0.25, 0.3) is 0 Å². The number of aromatic nitrogens is 3. The van der Waals surface area contributed by atoms with Crippen LogP contribution in [0.15, 0.2) is 42.1 Å². The van der Waals surface area contributed by atoms with Crippen LogP contribution in [-0.4, -0.2) is 38.1 Å². The summed E-state index contributed by atoms with van der Waals surface area (Å²) in [5.74, 6) is 0.0349. The van der Waals surface area contributed by atoms with Crippen molar-refractivity contribution in [2.45, 2.75) is 39.4 Å². The van der Waals surface area contributed by atoms with Crippen LogP contribution in [0.2, 0.25) is 0 Å². The van der Waals surface area contributed by atoms with E-state index in [4.69, 9.17) is 0 Å². The third-order valence-corrected chi connectivity index (χ3v) is 4.46. The number of rotatable bonds is 4. The SMILES string of the molecule is CC=C(C)C(=O)N1Cc2ccccc2CC1Cn1cc(C=O)nn1. The quantitative estimate of drug-likeness (QED) is 0.637. The zero-order chi connectivity index (χ0) is 17.1. The maximum atomic E-state index is 12.8. The van der Waals surface area contributed by atoms with Crippen molar-refractivity contribution < 1.29 is 9.59 Å². The minimum absolute atomic E-state index is 0.0245. The summed E-state index contributed by atoms with van der Waals surface area (Å²) < 4.78 is 1.63. The smallest absolute Gasteiger partial charge is 0.249 e. The van der Waals surface area contributed by atoms with Gasteiger partial charge in [0.2, 0.25) is 5.91 Å². The van der Waals surface area contributed by atoms with Crippen LogP contribution in [0.5, 0.6) is 0 Å². The van der Waals surface area contributed by atoms with Gasteiger partial charge in [0.05, 0.1) is 18.8 Å². The molecule has 0 spiro atoms. The van der Waals surface area contributed by atoms with E-state index in [1.54, 1.807) is 10.9 Å². The summed E-state index contributed by atoms with van der Waals surface area (Å²) in [5, 5.41) is 7.77. The fourth-order valence-electron chi connectivity index (χ4n) is 3.01. The Hall–Kier alpha value is -2.76. The van der Waals surface area contributed by atoms with Crippen molar-refractivity contribution in [3.8, 4) is 0 Å². The molecule has 1 aliphatic heterocycles. The van der Waals surface area contributed by atoms with Gasteiger partial charge in [-0.1, -0.05) is 35.6 Å². The van der Waals surface area contributed by atoms with Crippen LogP contribution in [0.4, 0.5) is 0 Å². The van der Waals surface area contributed by atoms with Crippen LogP contribution in [0.25, 0.3) is 0 Å². The fourth-order valence-corrected chi connectivity index (χ4v) is 3.01. The molecule has 2 heterocycles. The molecule has 3 rings (SSSR count). The van der Waals surface area contributed by atoms with Gasteiger partial charge < -0.3 is 4.90 Å². The third-order valence-electron chi connectivity index (χ3n) is 4.46. The molecule has 0 aliphatic carbocycles. The van der Waals surface area contributed by atoms with Crippen LogP contribution >= 0.6 is 0 Å². The van der Waals surface area contributed by atoms with Gasteiger partial charge in [-0.15, -0.1) is 5.10 Å². The van der Waals surface area contributed by atoms with Crippen molar-refractivity contribution in [1.82, 2.24) is 19.9 Å². The van der Waals surface area contributed by atoms with E-state index in [0.29, 0.717) is 25.1 Å². The normalized spacial score (nSPS) is 17.5. The molecule has 0 saturated heterocycles. The molecule has 6 nitrogen and oxygen atoms in total. The molecular weight excluding hydrogens is 304 g/mol. The van der Waals surface area contributed by atoms with Gasteiger partial charge >= 0.3 is 0 Å². The van der Waals surface area contributed by atoms with Crippen LogP contribution < -0.4 is 0 Å². The number of aldehydes is 1. The number of benzene rings is 1. The van der Waals surface area contributed by atoms with E-state index in [0.717, 1.165) is 12.0 Å². The summed E-state index contributed by atoms with van der Waals surface area (Å²) in [6.07, 6.45) is 4.88. The Bertz CT molecular complexity index is 794. The largest absolute Gasteiger partial charge is 0.329 e. The van der Waals surface area contributed by atoms with E-state index in [2.05, 4.69) is 22.4 Å². The van der Waals surface area contributed by atoms with Crippen molar-refractivity contribution in [2.75, 3.05) is 0 Å². The van der Waals surface area contributed by atoms with Gasteiger partial charge in [-0.2, -0.15) is 0 Å². The van der Waals surface area contributed by atoms with Gasteiger partial charge in [-0.05, 0) is 31.4 Å². The Kier molecular flexibility index (Phi) is 4.55. The first-order valence-electron chi connectivity index (χ1n) is 7.98.